The van der Waals surface area contributed by atoms with Gasteiger partial charge >= 0.3 is 0 Å². The third-order valence-electron chi connectivity index (χ3n) is 2.17. The third-order valence-corrected chi connectivity index (χ3v) is 2.17. The maximum Gasteiger partial charge on any atom is 0.122 e. The summed E-state index contributed by atoms with van der Waals surface area (Å²) in [4.78, 5) is 0. The summed E-state index contributed by atoms with van der Waals surface area (Å²) in [7, 11) is 3.07. The largest absolute Gasteiger partial charge is 0.497 e. The quantitative estimate of drug-likeness (QED) is 0.785. The second-order valence-corrected chi connectivity index (χ2v) is 3.33. The first-order valence-electron chi connectivity index (χ1n) is 4.67. The zero-order valence-corrected chi connectivity index (χ0v) is 9.10. The van der Waals surface area contributed by atoms with E-state index >= 15 is 0 Å². The second-order valence-electron chi connectivity index (χ2n) is 3.33. The molecule has 1 aromatic carbocycles. The smallest absolute Gasteiger partial charge is 0.122 e. The van der Waals surface area contributed by atoms with Crippen molar-refractivity contribution < 1.29 is 19.7 Å². The van der Waals surface area contributed by atoms with Gasteiger partial charge in [0.2, 0.25) is 0 Å². The normalized spacial score (nSPS) is 14.5. The number of benzene rings is 1. The second kappa shape index (κ2) is 5.00. The van der Waals surface area contributed by atoms with Crippen LogP contribution in [0.25, 0.3) is 0 Å². The highest BCUT2D eigenvalue weighted by Crippen LogP contribution is 2.27. The topological polar surface area (TPSA) is 58.9 Å². The molecular formula is C11H16O4. The van der Waals surface area contributed by atoms with Crippen molar-refractivity contribution in [2.45, 2.75) is 19.1 Å². The van der Waals surface area contributed by atoms with Crippen molar-refractivity contribution in [3.63, 3.8) is 0 Å². The SMILES string of the molecule is COc1cc(OC)cc([C@H](O)[C@H](C)O)c1. The lowest BCUT2D eigenvalue weighted by molar-refractivity contribution is 0.0303. The van der Waals surface area contributed by atoms with E-state index in [-0.39, 0.29) is 0 Å². The average Bonchev–Trinajstić information content (AvgIpc) is 2.27. The Hall–Kier alpha value is -1.26. The Morgan fingerprint density at radius 2 is 1.47 bits per heavy atom. The maximum atomic E-state index is 9.68. The number of hydrogen-bond acceptors (Lipinski definition) is 4. The Labute approximate surface area is 89.1 Å². The number of aliphatic hydroxyl groups is 2. The Balaban J connectivity index is 3.06. The van der Waals surface area contributed by atoms with Crippen molar-refractivity contribution in [2.75, 3.05) is 14.2 Å². The summed E-state index contributed by atoms with van der Waals surface area (Å²) in [6.45, 7) is 1.52. The average molecular weight is 212 g/mol. The van der Waals surface area contributed by atoms with Crippen LogP contribution in [-0.4, -0.2) is 30.5 Å². The molecule has 0 aliphatic carbocycles. The van der Waals surface area contributed by atoms with E-state index in [2.05, 4.69) is 0 Å². The van der Waals surface area contributed by atoms with Crippen LogP contribution >= 0.6 is 0 Å². The molecule has 1 aromatic rings. The predicted octanol–water partition coefficient (Wildman–Crippen LogP) is 1.12. The maximum absolute atomic E-state index is 9.68. The van der Waals surface area contributed by atoms with Crippen LogP contribution in [0.2, 0.25) is 0 Å². The number of methoxy groups -OCH3 is 2. The molecule has 0 radical (unpaired) electrons. The number of ether oxygens (including phenoxy) is 2. The fourth-order valence-corrected chi connectivity index (χ4v) is 1.28. The van der Waals surface area contributed by atoms with Crippen LogP contribution in [0.5, 0.6) is 11.5 Å². The first-order chi connectivity index (χ1) is 7.08. The molecule has 4 heteroatoms. The van der Waals surface area contributed by atoms with Crippen molar-refractivity contribution in [3.05, 3.63) is 23.8 Å². The van der Waals surface area contributed by atoms with Crippen molar-refractivity contribution in [2.24, 2.45) is 0 Å². The van der Waals surface area contributed by atoms with Gasteiger partial charge in [0.1, 0.15) is 17.6 Å². The van der Waals surface area contributed by atoms with Gasteiger partial charge in [-0.1, -0.05) is 0 Å². The molecule has 2 atom stereocenters. The van der Waals surface area contributed by atoms with E-state index < -0.39 is 12.2 Å². The van der Waals surface area contributed by atoms with E-state index in [0.717, 1.165) is 0 Å². The highest BCUT2D eigenvalue weighted by Gasteiger charge is 2.15. The van der Waals surface area contributed by atoms with E-state index in [9.17, 15) is 10.2 Å². The lowest BCUT2D eigenvalue weighted by Gasteiger charge is -2.15. The van der Waals surface area contributed by atoms with Crippen molar-refractivity contribution in [1.29, 1.82) is 0 Å². The van der Waals surface area contributed by atoms with Gasteiger partial charge in [0.05, 0.1) is 20.3 Å². The summed E-state index contributed by atoms with van der Waals surface area (Å²) in [5.74, 6) is 1.17. The molecule has 0 amide bonds. The molecule has 0 fully saturated rings. The summed E-state index contributed by atoms with van der Waals surface area (Å²) < 4.78 is 10.1. The molecule has 84 valence electrons. The van der Waals surface area contributed by atoms with E-state index in [1.54, 1.807) is 18.2 Å². The van der Waals surface area contributed by atoms with Gasteiger partial charge in [0, 0.05) is 6.07 Å². The molecule has 0 aliphatic rings. The minimum absolute atomic E-state index is 0.571. The monoisotopic (exact) mass is 212 g/mol. The first kappa shape index (κ1) is 11.8. The molecule has 2 N–H and O–H groups in total. The van der Waals surface area contributed by atoms with Gasteiger partial charge in [0.25, 0.3) is 0 Å². The van der Waals surface area contributed by atoms with Gasteiger partial charge in [-0.2, -0.15) is 0 Å². The van der Waals surface area contributed by atoms with Gasteiger partial charge in [-0.3, -0.25) is 0 Å². The van der Waals surface area contributed by atoms with Gasteiger partial charge in [-0.05, 0) is 24.6 Å². The van der Waals surface area contributed by atoms with E-state index in [1.165, 1.54) is 21.1 Å². The van der Waals surface area contributed by atoms with Crippen LogP contribution in [-0.2, 0) is 0 Å². The molecule has 0 saturated carbocycles. The fraction of sp³-hybridized carbons (Fsp3) is 0.455. The van der Waals surface area contributed by atoms with Gasteiger partial charge in [-0.15, -0.1) is 0 Å². The van der Waals surface area contributed by atoms with Gasteiger partial charge in [-0.25, -0.2) is 0 Å². The van der Waals surface area contributed by atoms with Crippen molar-refractivity contribution >= 4 is 0 Å². The number of rotatable bonds is 4. The Kier molecular flexibility index (Phi) is 3.94. The number of hydrogen-bond donors (Lipinski definition) is 2. The highest BCUT2D eigenvalue weighted by molar-refractivity contribution is 5.39. The molecule has 0 bridgehead atoms. The van der Waals surface area contributed by atoms with Crippen molar-refractivity contribution in [3.8, 4) is 11.5 Å². The molecular weight excluding hydrogens is 196 g/mol. The molecule has 0 spiro atoms. The molecule has 15 heavy (non-hydrogen) atoms. The zero-order chi connectivity index (χ0) is 11.4. The molecule has 0 aliphatic heterocycles. The Bertz CT molecular complexity index is 300. The predicted molar refractivity (Wildman–Crippen MR) is 56.2 cm³/mol. The summed E-state index contributed by atoms with van der Waals surface area (Å²) in [5, 5.41) is 18.9. The lowest BCUT2D eigenvalue weighted by atomic mass is 10.0. The summed E-state index contributed by atoms with van der Waals surface area (Å²) in [6.07, 6.45) is -1.77. The molecule has 0 unspecified atom stereocenters. The molecule has 4 nitrogen and oxygen atoms in total. The van der Waals surface area contributed by atoms with Crippen molar-refractivity contribution in [1.82, 2.24) is 0 Å². The van der Waals surface area contributed by atoms with E-state index in [0.29, 0.717) is 17.1 Å². The Morgan fingerprint density at radius 1 is 1.00 bits per heavy atom. The van der Waals surface area contributed by atoms with Gasteiger partial charge < -0.3 is 19.7 Å². The van der Waals surface area contributed by atoms with Crippen LogP contribution in [0.4, 0.5) is 0 Å². The Morgan fingerprint density at radius 3 is 1.80 bits per heavy atom. The molecule has 0 heterocycles. The van der Waals surface area contributed by atoms with Crippen LogP contribution < -0.4 is 9.47 Å². The lowest BCUT2D eigenvalue weighted by Crippen LogP contribution is -2.13. The third kappa shape index (κ3) is 2.84. The van der Waals surface area contributed by atoms with Crippen LogP contribution in [0, 0.1) is 0 Å². The first-order valence-corrected chi connectivity index (χ1v) is 4.67. The molecule has 0 aromatic heterocycles. The van der Waals surface area contributed by atoms with E-state index in [1.807, 2.05) is 0 Å². The van der Waals surface area contributed by atoms with Gasteiger partial charge in [0.15, 0.2) is 0 Å². The van der Waals surface area contributed by atoms with Crippen LogP contribution in [0.1, 0.15) is 18.6 Å². The fourth-order valence-electron chi connectivity index (χ4n) is 1.28. The highest BCUT2D eigenvalue weighted by atomic mass is 16.5. The molecule has 0 saturated heterocycles. The minimum Gasteiger partial charge on any atom is -0.497 e. The summed E-state index contributed by atoms with van der Waals surface area (Å²) in [5.41, 5.74) is 0.571. The molecule has 1 rings (SSSR count). The van der Waals surface area contributed by atoms with Crippen LogP contribution in [0.3, 0.4) is 0 Å². The number of aliphatic hydroxyl groups excluding tert-OH is 2. The summed E-state index contributed by atoms with van der Waals surface area (Å²) >= 11 is 0. The standard InChI is InChI=1S/C11H16O4/c1-7(12)11(13)8-4-9(14-2)6-10(5-8)15-3/h4-7,11-13H,1-3H3/t7-,11+/m0/s1. The minimum atomic E-state index is -0.936. The summed E-state index contributed by atoms with van der Waals surface area (Å²) in [6, 6.07) is 5.04. The van der Waals surface area contributed by atoms with Crippen LogP contribution in [0.15, 0.2) is 18.2 Å². The zero-order valence-electron chi connectivity index (χ0n) is 9.10. The van der Waals surface area contributed by atoms with E-state index in [4.69, 9.17) is 9.47 Å².